The molecule has 0 aromatic carbocycles. The molecule has 0 unspecified atom stereocenters. The fraction of sp³-hybridized carbons (Fsp3) is 0.692. The SMILES string of the molecule is N[C@H]1CCCN(c2cc3c(nn2)CCCC3)C1. The zero-order valence-electron chi connectivity index (χ0n) is 10.2. The van der Waals surface area contributed by atoms with E-state index >= 15 is 0 Å². The van der Waals surface area contributed by atoms with E-state index in [4.69, 9.17) is 5.73 Å². The molecule has 0 spiro atoms. The third-order valence-electron chi connectivity index (χ3n) is 3.84. The van der Waals surface area contributed by atoms with Crippen molar-refractivity contribution in [2.45, 2.75) is 44.6 Å². The van der Waals surface area contributed by atoms with Gasteiger partial charge in [-0.15, -0.1) is 5.10 Å². The molecule has 4 nitrogen and oxygen atoms in total. The average molecular weight is 232 g/mol. The highest BCUT2D eigenvalue weighted by Crippen LogP contribution is 2.23. The molecule has 92 valence electrons. The van der Waals surface area contributed by atoms with E-state index in [9.17, 15) is 0 Å². The summed E-state index contributed by atoms with van der Waals surface area (Å²) in [6.45, 7) is 1.99. The van der Waals surface area contributed by atoms with E-state index in [2.05, 4.69) is 21.2 Å². The van der Waals surface area contributed by atoms with E-state index in [1.807, 2.05) is 0 Å². The van der Waals surface area contributed by atoms with E-state index < -0.39 is 0 Å². The third-order valence-corrected chi connectivity index (χ3v) is 3.84. The predicted molar refractivity (Wildman–Crippen MR) is 68.1 cm³/mol. The highest BCUT2D eigenvalue weighted by Gasteiger charge is 2.20. The van der Waals surface area contributed by atoms with Crippen LogP contribution in [0.25, 0.3) is 0 Å². The molecular formula is C13H20N4. The van der Waals surface area contributed by atoms with Crippen LogP contribution in [0.2, 0.25) is 0 Å². The second kappa shape index (κ2) is 4.61. The van der Waals surface area contributed by atoms with Gasteiger partial charge in [0.05, 0.1) is 5.69 Å². The van der Waals surface area contributed by atoms with Gasteiger partial charge in [0.15, 0.2) is 5.82 Å². The fourth-order valence-corrected chi connectivity index (χ4v) is 2.85. The Balaban J connectivity index is 1.83. The molecule has 0 saturated carbocycles. The normalized spacial score (nSPS) is 24.5. The molecule has 3 rings (SSSR count). The summed E-state index contributed by atoms with van der Waals surface area (Å²) in [5, 5.41) is 8.76. The maximum Gasteiger partial charge on any atom is 0.151 e. The molecular weight excluding hydrogens is 212 g/mol. The molecule has 1 atom stereocenters. The van der Waals surface area contributed by atoms with E-state index in [1.54, 1.807) is 0 Å². The number of nitrogens with zero attached hydrogens (tertiary/aromatic N) is 3. The van der Waals surface area contributed by atoms with Crippen LogP contribution in [0, 0.1) is 0 Å². The first-order valence-corrected chi connectivity index (χ1v) is 6.69. The zero-order valence-corrected chi connectivity index (χ0v) is 10.2. The first kappa shape index (κ1) is 11.0. The van der Waals surface area contributed by atoms with Gasteiger partial charge in [0.25, 0.3) is 0 Å². The number of fused-ring (bicyclic) bond motifs is 1. The minimum absolute atomic E-state index is 0.293. The Labute approximate surface area is 102 Å². The van der Waals surface area contributed by atoms with Crippen LogP contribution >= 0.6 is 0 Å². The topological polar surface area (TPSA) is 55.0 Å². The van der Waals surface area contributed by atoms with Crippen LogP contribution in [0.4, 0.5) is 5.82 Å². The summed E-state index contributed by atoms with van der Waals surface area (Å²) in [7, 11) is 0. The summed E-state index contributed by atoms with van der Waals surface area (Å²) in [6.07, 6.45) is 7.11. The number of aryl methyl sites for hydroxylation is 2. The Bertz CT molecular complexity index is 404. The van der Waals surface area contributed by atoms with Crippen molar-refractivity contribution in [1.29, 1.82) is 0 Å². The molecule has 1 aliphatic heterocycles. The van der Waals surface area contributed by atoms with Gasteiger partial charge in [-0.25, -0.2) is 0 Å². The van der Waals surface area contributed by atoms with E-state index in [1.165, 1.54) is 30.5 Å². The molecule has 0 amide bonds. The van der Waals surface area contributed by atoms with Crippen molar-refractivity contribution in [3.05, 3.63) is 17.3 Å². The molecule has 1 aliphatic carbocycles. The summed E-state index contributed by atoms with van der Waals surface area (Å²) in [5.41, 5.74) is 8.62. The second-order valence-electron chi connectivity index (χ2n) is 5.23. The van der Waals surface area contributed by atoms with Gasteiger partial charge in [-0.1, -0.05) is 0 Å². The van der Waals surface area contributed by atoms with Gasteiger partial charge in [0, 0.05) is 19.1 Å². The number of piperidine rings is 1. The summed E-state index contributed by atoms with van der Waals surface area (Å²) in [5.74, 6) is 1.03. The predicted octanol–water partition coefficient (Wildman–Crippen LogP) is 1.28. The molecule has 2 N–H and O–H groups in total. The van der Waals surface area contributed by atoms with Crippen molar-refractivity contribution in [2.75, 3.05) is 18.0 Å². The third kappa shape index (κ3) is 2.27. The Hall–Kier alpha value is -1.16. The highest BCUT2D eigenvalue weighted by molar-refractivity contribution is 5.42. The van der Waals surface area contributed by atoms with Crippen LogP contribution in [0.15, 0.2) is 6.07 Å². The van der Waals surface area contributed by atoms with Gasteiger partial charge in [0.1, 0.15) is 0 Å². The first-order valence-electron chi connectivity index (χ1n) is 6.69. The lowest BCUT2D eigenvalue weighted by molar-refractivity contribution is 0.500. The number of hydrogen-bond acceptors (Lipinski definition) is 4. The highest BCUT2D eigenvalue weighted by atomic mass is 15.3. The maximum atomic E-state index is 6.01. The Morgan fingerprint density at radius 3 is 2.94 bits per heavy atom. The van der Waals surface area contributed by atoms with Crippen LogP contribution in [-0.2, 0) is 12.8 Å². The summed E-state index contributed by atoms with van der Waals surface area (Å²) in [6, 6.07) is 2.53. The van der Waals surface area contributed by atoms with Crippen molar-refractivity contribution in [1.82, 2.24) is 10.2 Å². The van der Waals surface area contributed by atoms with E-state index in [0.717, 1.165) is 38.2 Å². The minimum Gasteiger partial charge on any atom is -0.354 e. The monoisotopic (exact) mass is 232 g/mol. The van der Waals surface area contributed by atoms with Gasteiger partial charge >= 0.3 is 0 Å². The molecule has 17 heavy (non-hydrogen) atoms. The van der Waals surface area contributed by atoms with Gasteiger partial charge in [-0.2, -0.15) is 5.10 Å². The number of hydrogen-bond donors (Lipinski definition) is 1. The fourth-order valence-electron chi connectivity index (χ4n) is 2.85. The van der Waals surface area contributed by atoms with Crippen molar-refractivity contribution in [2.24, 2.45) is 5.73 Å². The van der Waals surface area contributed by atoms with E-state index in [-0.39, 0.29) is 0 Å². The largest absolute Gasteiger partial charge is 0.354 e. The number of nitrogens with two attached hydrogens (primary N) is 1. The average Bonchev–Trinajstić information content (AvgIpc) is 2.38. The lowest BCUT2D eigenvalue weighted by Crippen LogP contribution is -2.43. The van der Waals surface area contributed by atoms with Gasteiger partial charge < -0.3 is 10.6 Å². The van der Waals surface area contributed by atoms with E-state index in [0.29, 0.717) is 6.04 Å². The summed E-state index contributed by atoms with van der Waals surface area (Å²) < 4.78 is 0. The van der Waals surface area contributed by atoms with Crippen molar-refractivity contribution in [3.63, 3.8) is 0 Å². The minimum atomic E-state index is 0.293. The van der Waals surface area contributed by atoms with Gasteiger partial charge in [-0.3, -0.25) is 0 Å². The van der Waals surface area contributed by atoms with Crippen LogP contribution in [-0.4, -0.2) is 29.3 Å². The number of rotatable bonds is 1. The Morgan fingerprint density at radius 1 is 1.18 bits per heavy atom. The van der Waals surface area contributed by atoms with Crippen LogP contribution < -0.4 is 10.6 Å². The molecule has 0 radical (unpaired) electrons. The van der Waals surface area contributed by atoms with Crippen LogP contribution in [0.5, 0.6) is 0 Å². The molecule has 1 saturated heterocycles. The van der Waals surface area contributed by atoms with Crippen LogP contribution in [0.1, 0.15) is 36.9 Å². The molecule has 2 heterocycles. The molecule has 1 aromatic rings. The molecule has 1 aromatic heterocycles. The summed E-state index contributed by atoms with van der Waals surface area (Å²) in [4.78, 5) is 2.29. The molecule has 2 aliphatic rings. The number of anilines is 1. The Morgan fingerprint density at radius 2 is 2.06 bits per heavy atom. The van der Waals surface area contributed by atoms with Crippen molar-refractivity contribution >= 4 is 5.82 Å². The second-order valence-corrected chi connectivity index (χ2v) is 5.23. The lowest BCUT2D eigenvalue weighted by Gasteiger charge is -2.31. The molecule has 1 fully saturated rings. The maximum absolute atomic E-state index is 6.01. The van der Waals surface area contributed by atoms with Crippen molar-refractivity contribution < 1.29 is 0 Å². The quantitative estimate of drug-likeness (QED) is 0.792. The first-order chi connectivity index (χ1) is 8.33. The molecule has 0 bridgehead atoms. The van der Waals surface area contributed by atoms with Gasteiger partial charge in [-0.05, 0) is 50.2 Å². The summed E-state index contributed by atoms with van der Waals surface area (Å²) >= 11 is 0. The molecule has 4 heteroatoms. The zero-order chi connectivity index (χ0) is 11.7. The van der Waals surface area contributed by atoms with Crippen LogP contribution in [0.3, 0.4) is 0 Å². The standard InChI is InChI=1S/C13H20N4/c14-11-5-3-7-17(9-11)13-8-10-4-1-2-6-12(10)15-16-13/h8,11H,1-7,9,14H2/t11-/m0/s1. The Kier molecular flexibility index (Phi) is 2.97. The smallest absolute Gasteiger partial charge is 0.151 e. The lowest BCUT2D eigenvalue weighted by atomic mass is 9.96. The van der Waals surface area contributed by atoms with Gasteiger partial charge in [0.2, 0.25) is 0 Å². The number of aromatic nitrogens is 2. The van der Waals surface area contributed by atoms with Crippen molar-refractivity contribution in [3.8, 4) is 0 Å².